The smallest absolute Gasteiger partial charge is 0.223 e. The highest BCUT2D eigenvalue weighted by molar-refractivity contribution is 6.30. The number of benzene rings is 1. The molecule has 20 heavy (non-hydrogen) atoms. The van der Waals surface area contributed by atoms with Gasteiger partial charge in [-0.15, -0.1) is 0 Å². The standard InChI is InChI=1S/C16H17ClN2O/c1-10-5-6-13(17)8-15(10)20-16-12(9-18)7-11-3-2-4-14(11)19-16/h5-8H,2-4,9,18H2,1H3. The molecular formula is C16H17ClN2O. The van der Waals surface area contributed by atoms with Crippen molar-refractivity contribution in [1.82, 2.24) is 4.98 Å². The van der Waals surface area contributed by atoms with Crippen LogP contribution in [0.3, 0.4) is 0 Å². The van der Waals surface area contributed by atoms with E-state index in [-0.39, 0.29) is 0 Å². The van der Waals surface area contributed by atoms with Gasteiger partial charge in [-0.1, -0.05) is 17.7 Å². The van der Waals surface area contributed by atoms with Gasteiger partial charge in [0.1, 0.15) is 5.75 Å². The summed E-state index contributed by atoms with van der Waals surface area (Å²) >= 11 is 6.03. The first-order valence-corrected chi connectivity index (χ1v) is 7.21. The number of fused-ring (bicyclic) bond motifs is 1. The van der Waals surface area contributed by atoms with Gasteiger partial charge >= 0.3 is 0 Å². The molecule has 104 valence electrons. The highest BCUT2D eigenvalue weighted by Gasteiger charge is 2.17. The van der Waals surface area contributed by atoms with Crippen LogP contribution >= 0.6 is 11.6 Å². The zero-order valence-electron chi connectivity index (χ0n) is 11.4. The van der Waals surface area contributed by atoms with E-state index in [1.54, 1.807) is 0 Å². The third-order valence-electron chi connectivity index (χ3n) is 3.67. The molecule has 0 radical (unpaired) electrons. The van der Waals surface area contributed by atoms with E-state index in [9.17, 15) is 0 Å². The molecule has 0 atom stereocenters. The molecule has 1 aliphatic rings. The molecule has 0 spiro atoms. The van der Waals surface area contributed by atoms with Gasteiger partial charge in [-0.25, -0.2) is 4.98 Å². The van der Waals surface area contributed by atoms with Crippen molar-refractivity contribution in [3.8, 4) is 11.6 Å². The Bertz CT molecular complexity index is 655. The maximum Gasteiger partial charge on any atom is 0.223 e. The Morgan fingerprint density at radius 3 is 2.95 bits per heavy atom. The fraction of sp³-hybridized carbons (Fsp3) is 0.312. The topological polar surface area (TPSA) is 48.1 Å². The van der Waals surface area contributed by atoms with Crippen molar-refractivity contribution in [2.24, 2.45) is 5.73 Å². The normalized spacial score (nSPS) is 13.3. The number of aromatic nitrogens is 1. The zero-order valence-corrected chi connectivity index (χ0v) is 12.2. The first-order chi connectivity index (χ1) is 9.67. The van der Waals surface area contributed by atoms with Crippen molar-refractivity contribution >= 4 is 11.6 Å². The Labute approximate surface area is 123 Å². The van der Waals surface area contributed by atoms with Gasteiger partial charge in [-0.2, -0.15) is 0 Å². The molecule has 0 saturated heterocycles. The van der Waals surface area contributed by atoms with Gasteiger partial charge in [0, 0.05) is 22.8 Å². The lowest BCUT2D eigenvalue weighted by molar-refractivity contribution is 0.451. The predicted molar refractivity (Wildman–Crippen MR) is 80.4 cm³/mol. The molecule has 0 saturated carbocycles. The molecule has 3 nitrogen and oxygen atoms in total. The van der Waals surface area contributed by atoms with Crippen LogP contribution in [0.4, 0.5) is 0 Å². The number of nitrogens with two attached hydrogens (primary N) is 1. The molecule has 2 N–H and O–H groups in total. The maximum atomic E-state index is 6.03. The zero-order chi connectivity index (χ0) is 14.1. The molecule has 0 aliphatic heterocycles. The summed E-state index contributed by atoms with van der Waals surface area (Å²) in [6, 6.07) is 7.73. The molecule has 0 unspecified atom stereocenters. The van der Waals surface area contributed by atoms with E-state index < -0.39 is 0 Å². The second kappa shape index (κ2) is 5.43. The molecule has 1 aliphatic carbocycles. The summed E-state index contributed by atoms with van der Waals surface area (Å²) in [4.78, 5) is 4.64. The molecular weight excluding hydrogens is 272 g/mol. The van der Waals surface area contributed by atoms with Gasteiger partial charge in [0.05, 0.1) is 0 Å². The van der Waals surface area contributed by atoms with Crippen molar-refractivity contribution in [1.29, 1.82) is 0 Å². The van der Waals surface area contributed by atoms with E-state index >= 15 is 0 Å². The van der Waals surface area contributed by atoms with Crippen molar-refractivity contribution < 1.29 is 4.74 Å². The van der Waals surface area contributed by atoms with Crippen LogP contribution in [0.1, 0.15) is 28.8 Å². The Morgan fingerprint density at radius 1 is 1.30 bits per heavy atom. The number of hydrogen-bond donors (Lipinski definition) is 1. The van der Waals surface area contributed by atoms with E-state index in [4.69, 9.17) is 22.1 Å². The summed E-state index contributed by atoms with van der Waals surface area (Å²) in [5.41, 5.74) is 10.2. The molecule has 1 heterocycles. The molecule has 4 heteroatoms. The maximum absolute atomic E-state index is 6.03. The van der Waals surface area contributed by atoms with Gasteiger partial charge in [-0.05, 0) is 55.5 Å². The molecule has 0 amide bonds. The van der Waals surface area contributed by atoms with Crippen LogP contribution in [0.15, 0.2) is 24.3 Å². The summed E-state index contributed by atoms with van der Waals surface area (Å²) < 4.78 is 5.96. The second-order valence-corrected chi connectivity index (χ2v) is 5.56. The lowest BCUT2D eigenvalue weighted by Crippen LogP contribution is -2.04. The van der Waals surface area contributed by atoms with Crippen LogP contribution in [-0.2, 0) is 19.4 Å². The Balaban J connectivity index is 1.99. The third-order valence-corrected chi connectivity index (χ3v) is 3.90. The fourth-order valence-corrected chi connectivity index (χ4v) is 2.69. The lowest BCUT2D eigenvalue weighted by atomic mass is 10.1. The minimum Gasteiger partial charge on any atom is -0.438 e. The number of pyridine rings is 1. The van der Waals surface area contributed by atoms with Gasteiger partial charge in [0.15, 0.2) is 0 Å². The first-order valence-electron chi connectivity index (χ1n) is 6.83. The quantitative estimate of drug-likeness (QED) is 0.935. The van der Waals surface area contributed by atoms with Crippen molar-refractivity contribution in [3.05, 3.63) is 51.7 Å². The van der Waals surface area contributed by atoms with E-state index in [0.717, 1.165) is 41.8 Å². The highest BCUT2D eigenvalue weighted by atomic mass is 35.5. The van der Waals surface area contributed by atoms with Gasteiger partial charge < -0.3 is 10.5 Å². The van der Waals surface area contributed by atoms with Crippen LogP contribution in [-0.4, -0.2) is 4.98 Å². The Kier molecular flexibility index (Phi) is 3.64. The highest BCUT2D eigenvalue weighted by Crippen LogP contribution is 2.32. The monoisotopic (exact) mass is 288 g/mol. The molecule has 3 rings (SSSR count). The Morgan fingerprint density at radius 2 is 2.15 bits per heavy atom. The average Bonchev–Trinajstić information content (AvgIpc) is 2.89. The summed E-state index contributed by atoms with van der Waals surface area (Å²) in [7, 11) is 0. The van der Waals surface area contributed by atoms with E-state index in [2.05, 4.69) is 11.1 Å². The number of aryl methyl sites for hydroxylation is 3. The lowest BCUT2D eigenvalue weighted by Gasteiger charge is -2.13. The number of ether oxygens (including phenoxy) is 1. The molecule has 1 aromatic heterocycles. The van der Waals surface area contributed by atoms with E-state index in [0.29, 0.717) is 17.4 Å². The summed E-state index contributed by atoms with van der Waals surface area (Å²) in [6.45, 7) is 2.41. The number of hydrogen-bond acceptors (Lipinski definition) is 3. The average molecular weight is 289 g/mol. The number of nitrogens with zero attached hydrogens (tertiary/aromatic N) is 1. The molecule has 2 aromatic rings. The minimum absolute atomic E-state index is 0.426. The van der Waals surface area contributed by atoms with Crippen molar-refractivity contribution in [2.75, 3.05) is 0 Å². The predicted octanol–water partition coefficient (Wildman–Crippen LogP) is 3.78. The largest absolute Gasteiger partial charge is 0.438 e. The molecule has 1 aromatic carbocycles. The third kappa shape index (κ3) is 2.51. The van der Waals surface area contributed by atoms with Crippen LogP contribution in [0, 0.1) is 6.92 Å². The van der Waals surface area contributed by atoms with E-state index in [1.807, 2.05) is 25.1 Å². The number of rotatable bonds is 3. The minimum atomic E-state index is 0.426. The van der Waals surface area contributed by atoms with Crippen LogP contribution < -0.4 is 10.5 Å². The van der Waals surface area contributed by atoms with Crippen molar-refractivity contribution in [3.63, 3.8) is 0 Å². The molecule has 0 bridgehead atoms. The van der Waals surface area contributed by atoms with Crippen molar-refractivity contribution in [2.45, 2.75) is 32.7 Å². The van der Waals surface area contributed by atoms with Gasteiger partial charge in [0.25, 0.3) is 0 Å². The van der Waals surface area contributed by atoms with E-state index in [1.165, 1.54) is 5.56 Å². The molecule has 0 fully saturated rings. The SMILES string of the molecule is Cc1ccc(Cl)cc1Oc1nc2c(cc1CN)CCC2. The van der Waals surface area contributed by atoms with Crippen LogP contribution in [0.5, 0.6) is 11.6 Å². The Hall–Kier alpha value is -1.58. The second-order valence-electron chi connectivity index (χ2n) is 5.13. The first kappa shape index (κ1) is 13.4. The summed E-state index contributed by atoms with van der Waals surface area (Å²) in [5, 5.41) is 0.654. The number of halogens is 1. The van der Waals surface area contributed by atoms with Crippen LogP contribution in [0.2, 0.25) is 5.02 Å². The van der Waals surface area contributed by atoms with Gasteiger partial charge in [-0.3, -0.25) is 0 Å². The fourth-order valence-electron chi connectivity index (χ4n) is 2.52. The summed E-state index contributed by atoms with van der Waals surface area (Å²) in [5.74, 6) is 1.34. The van der Waals surface area contributed by atoms with Crippen LogP contribution in [0.25, 0.3) is 0 Å². The summed E-state index contributed by atoms with van der Waals surface area (Å²) in [6.07, 6.45) is 3.27. The van der Waals surface area contributed by atoms with Gasteiger partial charge in [0.2, 0.25) is 5.88 Å².